The van der Waals surface area contributed by atoms with E-state index in [0.29, 0.717) is 42.9 Å². The molecule has 1 N–H and O–H groups in total. The van der Waals surface area contributed by atoms with Crippen LogP contribution in [-0.4, -0.2) is 57.6 Å². The van der Waals surface area contributed by atoms with Crippen molar-refractivity contribution in [1.29, 1.82) is 0 Å². The zero-order valence-electron chi connectivity index (χ0n) is 21.2. The average molecular weight is 510 g/mol. The smallest absolute Gasteiger partial charge is 0.410 e. The van der Waals surface area contributed by atoms with Gasteiger partial charge in [-0.1, -0.05) is 18.2 Å². The van der Waals surface area contributed by atoms with Crippen molar-refractivity contribution in [3.05, 3.63) is 48.4 Å². The number of aromatic nitrogens is 4. The number of ether oxygens (including phenoxy) is 1. The van der Waals surface area contributed by atoms with Gasteiger partial charge in [0.25, 0.3) is 0 Å². The highest BCUT2D eigenvalue weighted by molar-refractivity contribution is 7.91. The molecule has 1 aromatic carbocycles. The van der Waals surface area contributed by atoms with Gasteiger partial charge >= 0.3 is 6.09 Å². The number of aryl methyl sites for hydroxylation is 1. The number of H-pyrrole nitrogens is 1. The molecule has 1 aliphatic rings. The van der Waals surface area contributed by atoms with Gasteiger partial charge in [0.15, 0.2) is 5.03 Å². The lowest BCUT2D eigenvalue weighted by Crippen LogP contribution is -2.48. The Kier molecular flexibility index (Phi) is 5.62. The van der Waals surface area contributed by atoms with Gasteiger partial charge in [-0.15, -0.1) is 0 Å². The van der Waals surface area contributed by atoms with Crippen molar-refractivity contribution < 1.29 is 17.9 Å². The lowest BCUT2D eigenvalue weighted by atomic mass is 9.89. The van der Waals surface area contributed by atoms with Crippen LogP contribution in [0.4, 0.5) is 4.79 Å². The van der Waals surface area contributed by atoms with Crippen LogP contribution in [-0.2, 0) is 20.1 Å². The van der Waals surface area contributed by atoms with E-state index in [1.54, 1.807) is 41.4 Å². The first-order chi connectivity index (χ1) is 16.9. The summed E-state index contributed by atoms with van der Waals surface area (Å²) in [6.45, 7) is 10.7. The monoisotopic (exact) mass is 509 g/mol. The van der Waals surface area contributed by atoms with Crippen LogP contribution in [0.5, 0.6) is 0 Å². The molecule has 0 unspecified atom stereocenters. The molecule has 1 saturated heterocycles. The van der Waals surface area contributed by atoms with Gasteiger partial charge in [0.1, 0.15) is 22.6 Å². The number of piperidine rings is 1. The lowest BCUT2D eigenvalue weighted by Gasteiger charge is -2.41. The molecule has 36 heavy (non-hydrogen) atoms. The second-order valence-electron chi connectivity index (χ2n) is 10.6. The molecule has 1 amide bonds. The molecule has 0 spiro atoms. The highest BCUT2D eigenvalue weighted by Crippen LogP contribution is 2.39. The predicted octanol–water partition coefficient (Wildman–Crippen LogP) is 4.80. The number of benzene rings is 1. The number of carbonyl (C=O) groups excluding carboxylic acids is 1. The van der Waals surface area contributed by atoms with Crippen LogP contribution >= 0.6 is 0 Å². The van der Waals surface area contributed by atoms with E-state index in [-0.39, 0.29) is 21.6 Å². The number of imidazole rings is 1. The normalized spacial score (nSPS) is 16.5. The minimum absolute atomic E-state index is 0.0599. The van der Waals surface area contributed by atoms with Crippen LogP contribution in [0.2, 0.25) is 0 Å². The van der Waals surface area contributed by atoms with Gasteiger partial charge in [0, 0.05) is 30.2 Å². The van der Waals surface area contributed by atoms with Crippen LogP contribution in [0.1, 0.15) is 46.4 Å². The highest BCUT2D eigenvalue weighted by Gasteiger charge is 2.38. The van der Waals surface area contributed by atoms with E-state index in [2.05, 4.69) is 21.5 Å². The highest BCUT2D eigenvalue weighted by atomic mass is 32.2. The number of fused-ring (bicyclic) bond motifs is 3. The Morgan fingerprint density at radius 2 is 1.75 bits per heavy atom. The van der Waals surface area contributed by atoms with Crippen molar-refractivity contribution in [3.63, 3.8) is 0 Å². The second kappa shape index (κ2) is 8.33. The molecule has 9 nitrogen and oxygen atoms in total. The maximum absolute atomic E-state index is 13.6. The third-order valence-corrected chi connectivity index (χ3v) is 8.47. The van der Waals surface area contributed by atoms with Gasteiger partial charge in [-0.05, 0) is 65.7 Å². The summed E-state index contributed by atoms with van der Waals surface area (Å²) in [5.41, 5.74) is 0.660. The quantitative estimate of drug-likeness (QED) is 0.425. The Morgan fingerprint density at radius 3 is 2.39 bits per heavy atom. The molecule has 0 atom stereocenters. The first-order valence-corrected chi connectivity index (χ1v) is 13.5. The van der Waals surface area contributed by atoms with Crippen LogP contribution in [0.15, 0.2) is 52.5 Å². The third-order valence-electron chi connectivity index (χ3n) is 6.78. The number of carbonyl (C=O) groups is 1. The number of likely N-dealkylation sites (tertiary alicyclic amines) is 1. The van der Waals surface area contributed by atoms with E-state index < -0.39 is 15.4 Å². The molecule has 1 aliphatic heterocycles. The molecule has 190 valence electrons. The third kappa shape index (κ3) is 4.03. The number of hydrogen-bond acceptors (Lipinski definition) is 6. The fourth-order valence-corrected chi connectivity index (χ4v) is 6.36. The first kappa shape index (κ1) is 24.3. The van der Waals surface area contributed by atoms with E-state index in [1.165, 1.54) is 0 Å². The van der Waals surface area contributed by atoms with Gasteiger partial charge in [0.2, 0.25) is 9.84 Å². The minimum atomic E-state index is -3.90. The summed E-state index contributed by atoms with van der Waals surface area (Å²) in [6.07, 6.45) is 2.79. The maximum Gasteiger partial charge on any atom is 0.410 e. The van der Waals surface area contributed by atoms with Crippen molar-refractivity contribution in [2.45, 2.75) is 68.5 Å². The second-order valence-corrected chi connectivity index (χ2v) is 12.5. The van der Waals surface area contributed by atoms with Gasteiger partial charge in [-0.2, -0.15) is 0 Å². The van der Waals surface area contributed by atoms with E-state index >= 15 is 0 Å². The predicted molar refractivity (Wildman–Crippen MR) is 137 cm³/mol. The molecular formula is C26H31N5O4S. The van der Waals surface area contributed by atoms with Crippen molar-refractivity contribution in [2.75, 3.05) is 13.1 Å². The Hall–Kier alpha value is -3.40. The van der Waals surface area contributed by atoms with Crippen molar-refractivity contribution in [3.8, 4) is 0 Å². The summed E-state index contributed by atoms with van der Waals surface area (Å²) >= 11 is 0. The van der Waals surface area contributed by atoms with Gasteiger partial charge in [-0.3, -0.25) is 0 Å². The molecule has 1 fully saturated rings. The Balaban J connectivity index is 1.61. The van der Waals surface area contributed by atoms with E-state index in [9.17, 15) is 13.2 Å². The number of sulfone groups is 1. The molecule has 10 heteroatoms. The number of rotatable bonds is 3. The number of nitrogens with zero attached hydrogens (tertiary/aromatic N) is 4. The lowest BCUT2D eigenvalue weighted by molar-refractivity contribution is 0.0132. The summed E-state index contributed by atoms with van der Waals surface area (Å²) in [6, 6.07) is 10.2. The summed E-state index contributed by atoms with van der Waals surface area (Å²) in [7, 11) is -3.90. The minimum Gasteiger partial charge on any atom is -0.444 e. The fourth-order valence-electron chi connectivity index (χ4n) is 5.01. The van der Waals surface area contributed by atoms with Crippen molar-refractivity contribution in [2.24, 2.45) is 0 Å². The maximum atomic E-state index is 13.6. The largest absolute Gasteiger partial charge is 0.444 e. The van der Waals surface area contributed by atoms with E-state index in [0.717, 1.165) is 10.9 Å². The summed E-state index contributed by atoms with van der Waals surface area (Å²) in [5, 5.41) is 0.753. The average Bonchev–Trinajstić information content (AvgIpc) is 3.42. The van der Waals surface area contributed by atoms with Gasteiger partial charge in [-0.25, -0.2) is 23.2 Å². The van der Waals surface area contributed by atoms with E-state index in [1.807, 2.05) is 33.8 Å². The number of amides is 1. The summed E-state index contributed by atoms with van der Waals surface area (Å²) in [4.78, 5) is 26.9. The SMILES string of the molecule is Cc1nc2c(S(=O)(=O)c3ccccc3)nc3[nH]ccc3c2n1C1(C)CCN(C(=O)OC(C)(C)C)CC1. The zero-order chi connectivity index (χ0) is 25.9. The Bertz CT molecular complexity index is 1560. The fraction of sp³-hybridized carbons (Fsp3) is 0.423. The van der Waals surface area contributed by atoms with Gasteiger partial charge in [0.05, 0.1) is 10.4 Å². The molecule has 5 rings (SSSR count). The molecular weight excluding hydrogens is 478 g/mol. The molecule has 4 heterocycles. The number of pyridine rings is 1. The zero-order valence-corrected chi connectivity index (χ0v) is 22.0. The van der Waals surface area contributed by atoms with Crippen LogP contribution < -0.4 is 0 Å². The van der Waals surface area contributed by atoms with Crippen molar-refractivity contribution in [1.82, 2.24) is 24.4 Å². The molecule has 0 saturated carbocycles. The molecule has 0 aliphatic carbocycles. The number of hydrogen-bond donors (Lipinski definition) is 1. The number of aromatic amines is 1. The molecule has 0 bridgehead atoms. The summed E-state index contributed by atoms with van der Waals surface area (Å²) < 4.78 is 35.0. The topological polar surface area (TPSA) is 110 Å². The van der Waals surface area contributed by atoms with Crippen molar-refractivity contribution >= 4 is 38.0 Å². The summed E-state index contributed by atoms with van der Waals surface area (Å²) in [5.74, 6) is 0.707. The van der Waals surface area contributed by atoms with E-state index in [4.69, 9.17) is 9.72 Å². The van der Waals surface area contributed by atoms with Crippen LogP contribution in [0, 0.1) is 6.92 Å². The molecule has 3 aromatic heterocycles. The molecule has 4 aromatic rings. The first-order valence-electron chi connectivity index (χ1n) is 12.1. The standard InChI is InChI=1S/C26H31N5O4S/c1-17-28-20-21(31(17)26(5)12-15-30(16-13-26)24(32)35-25(2,3)4)19-11-14-27-22(19)29-23(20)36(33,34)18-9-7-6-8-10-18/h6-11,14H,12-13,15-16H2,1-5H3,(H,27,29). The van der Waals surface area contributed by atoms with Crippen LogP contribution in [0.25, 0.3) is 22.1 Å². The van der Waals surface area contributed by atoms with Crippen LogP contribution in [0.3, 0.4) is 0 Å². The Morgan fingerprint density at radius 1 is 1.08 bits per heavy atom. The van der Waals surface area contributed by atoms with Gasteiger partial charge < -0.3 is 19.2 Å². The Labute approximate surface area is 210 Å². The number of nitrogens with one attached hydrogen (secondary N) is 1. The molecule has 0 radical (unpaired) electrons.